The number of benzene rings is 1. The molecule has 0 spiro atoms. The zero-order valence-corrected chi connectivity index (χ0v) is 15.7. The Balaban J connectivity index is 2.03. The molecule has 0 aliphatic carbocycles. The van der Waals surface area contributed by atoms with E-state index in [1.807, 2.05) is 18.2 Å². The van der Waals surface area contributed by atoms with Gasteiger partial charge in [-0.05, 0) is 30.0 Å². The van der Waals surface area contributed by atoms with E-state index in [1.54, 1.807) is 18.0 Å². The topological polar surface area (TPSA) is 80.1 Å². The number of unbranched alkanes of at least 4 members (excludes halogenated alkanes) is 1. The first kappa shape index (κ1) is 19.3. The predicted molar refractivity (Wildman–Crippen MR) is 103 cm³/mol. The fraction of sp³-hybridized carbons (Fsp3) is 0.294. The van der Waals surface area contributed by atoms with Crippen LogP contribution in [0.5, 0.6) is 0 Å². The molecule has 2 rings (SSSR count). The van der Waals surface area contributed by atoms with E-state index in [-0.39, 0.29) is 10.8 Å². The summed E-state index contributed by atoms with van der Waals surface area (Å²) in [7, 11) is 1.26. The average Bonchev–Trinajstić information content (AvgIpc) is 2.96. The number of amidine groups is 1. The Labute approximate surface area is 155 Å². The number of nitrogens with one attached hydrogen (secondary N) is 1. The SMILES string of the molecule is CCCCSc1ccccc1C=N/N=C1/NC(=O)/C(=C\C(=O)OC)S1. The van der Waals surface area contributed by atoms with E-state index >= 15 is 0 Å². The van der Waals surface area contributed by atoms with E-state index in [2.05, 4.69) is 33.2 Å². The van der Waals surface area contributed by atoms with Crippen molar-refractivity contribution in [3.05, 3.63) is 40.8 Å². The second kappa shape index (κ2) is 10.0. The summed E-state index contributed by atoms with van der Waals surface area (Å²) in [6.07, 6.45) is 5.12. The van der Waals surface area contributed by atoms with Crippen LogP contribution in [0, 0.1) is 0 Å². The molecular formula is C17H19N3O3S2. The van der Waals surface area contributed by atoms with Gasteiger partial charge >= 0.3 is 5.97 Å². The molecule has 1 N–H and O–H groups in total. The monoisotopic (exact) mass is 377 g/mol. The maximum absolute atomic E-state index is 11.7. The Bertz CT molecular complexity index is 730. The second-order valence-electron chi connectivity index (χ2n) is 4.98. The van der Waals surface area contributed by atoms with Crippen molar-refractivity contribution in [2.24, 2.45) is 10.2 Å². The number of thioether (sulfide) groups is 2. The number of carbonyl (C=O) groups is 2. The van der Waals surface area contributed by atoms with Crippen molar-refractivity contribution < 1.29 is 14.3 Å². The van der Waals surface area contributed by atoms with Crippen LogP contribution in [0.15, 0.2) is 50.3 Å². The third kappa shape index (κ3) is 6.06. The highest BCUT2D eigenvalue weighted by Crippen LogP contribution is 2.24. The number of ether oxygens (including phenoxy) is 1. The molecule has 132 valence electrons. The summed E-state index contributed by atoms with van der Waals surface area (Å²) in [6, 6.07) is 7.97. The number of methoxy groups -OCH3 is 1. The van der Waals surface area contributed by atoms with Crippen LogP contribution < -0.4 is 5.32 Å². The number of esters is 1. The van der Waals surface area contributed by atoms with Gasteiger partial charge in [0.2, 0.25) is 0 Å². The van der Waals surface area contributed by atoms with Gasteiger partial charge in [-0.3, -0.25) is 10.1 Å². The first-order valence-corrected chi connectivity index (χ1v) is 9.56. The van der Waals surface area contributed by atoms with Crippen molar-refractivity contribution in [1.82, 2.24) is 5.32 Å². The Hall–Kier alpha value is -2.06. The fourth-order valence-electron chi connectivity index (χ4n) is 1.83. The van der Waals surface area contributed by atoms with Gasteiger partial charge in [0.15, 0.2) is 5.17 Å². The van der Waals surface area contributed by atoms with Crippen LogP contribution in [0.1, 0.15) is 25.3 Å². The van der Waals surface area contributed by atoms with Gasteiger partial charge in [0, 0.05) is 16.5 Å². The Kier molecular flexibility index (Phi) is 7.75. The van der Waals surface area contributed by atoms with Crippen LogP contribution in [0.4, 0.5) is 0 Å². The molecular weight excluding hydrogens is 358 g/mol. The van der Waals surface area contributed by atoms with Crippen LogP contribution >= 0.6 is 23.5 Å². The van der Waals surface area contributed by atoms with E-state index in [9.17, 15) is 9.59 Å². The van der Waals surface area contributed by atoms with E-state index < -0.39 is 5.97 Å². The van der Waals surface area contributed by atoms with Crippen molar-refractivity contribution in [2.75, 3.05) is 12.9 Å². The average molecular weight is 377 g/mol. The maximum Gasteiger partial charge on any atom is 0.331 e. The molecule has 8 heteroatoms. The van der Waals surface area contributed by atoms with Crippen LogP contribution in [0.25, 0.3) is 0 Å². The van der Waals surface area contributed by atoms with Crippen molar-refractivity contribution in [2.45, 2.75) is 24.7 Å². The lowest BCUT2D eigenvalue weighted by Gasteiger charge is -2.03. The summed E-state index contributed by atoms with van der Waals surface area (Å²) >= 11 is 2.84. The van der Waals surface area contributed by atoms with Crippen LogP contribution in [0.2, 0.25) is 0 Å². The summed E-state index contributed by atoms with van der Waals surface area (Å²) in [5, 5.41) is 10.9. The molecule has 0 saturated carbocycles. The molecule has 1 saturated heterocycles. The summed E-state index contributed by atoms with van der Waals surface area (Å²) < 4.78 is 4.51. The lowest BCUT2D eigenvalue weighted by Crippen LogP contribution is -2.19. The smallest absolute Gasteiger partial charge is 0.331 e. The van der Waals surface area contributed by atoms with Gasteiger partial charge in [-0.1, -0.05) is 31.5 Å². The van der Waals surface area contributed by atoms with E-state index in [0.717, 1.165) is 46.9 Å². The highest BCUT2D eigenvalue weighted by atomic mass is 32.2. The lowest BCUT2D eigenvalue weighted by molar-refractivity contribution is -0.135. The number of amides is 1. The molecule has 6 nitrogen and oxygen atoms in total. The predicted octanol–water partition coefficient (Wildman–Crippen LogP) is 3.19. The molecule has 0 atom stereocenters. The molecule has 0 unspecified atom stereocenters. The normalized spacial score (nSPS) is 17.4. The zero-order valence-electron chi connectivity index (χ0n) is 14.0. The molecule has 1 aromatic carbocycles. The first-order chi connectivity index (χ1) is 12.1. The molecule has 0 radical (unpaired) electrons. The fourth-order valence-corrected chi connectivity index (χ4v) is 3.68. The van der Waals surface area contributed by atoms with Crippen molar-refractivity contribution in [3.8, 4) is 0 Å². The second-order valence-corrected chi connectivity index (χ2v) is 7.14. The molecule has 1 amide bonds. The first-order valence-electron chi connectivity index (χ1n) is 7.75. The third-order valence-corrected chi connectivity index (χ3v) is 5.20. The summed E-state index contributed by atoms with van der Waals surface area (Å²) in [5.74, 6) is 0.0871. The molecule has 0 aromatic heterocycles. The lowest BCUT2D eigenvalue weighted by atomic mass is 10.2. The van der Waals surface area contributed by atoms with Crippen LogP contribution in [-0.4, -0.2) is 36.1 Å². The standard InChI is InChI=1S/C17H19N3O3S2/c1-3-4-9-24-13-8-6-5-7-12(13)11-18-20-17-19-16(22)14(25-17)10-15(21)23-2/h5-8,10-11H,3-4,9H2,1-2H3,(H,19,20,22)/b14-10+,18-11?. The maximum atomic E-state index is 11.7. The zero-order chi connectivity index (χ0) is 18.1. The highest BCUT2D eigenvalue weighted by molar-refractivity contribution is 8.18. The van der Waals surface area contributed by atoms with Gasteiger partial charge in [-0.15, -0.1) is 16.9 Å². The van der Waals surface area contributed by atoms with Gasteiger partial charge in [-0.25, -0.2) is 4.79 Å². The van der Waals surface area contributed by atoms with Crippen molar-refractivity contribution in [1.29, 1.82) is 0 Å². The van der Waals surface area contributed by atoms with Gasteiger partial charge in [0.05, 0.1) is 18.2 Å². The largest absolute Gasteiger partial charge is 0.466 e. The molecule has 0 bridgehead atoms. The molecule has 1 aliphatic rings. The Morgan fingerprint density at radius 3 is 2.96 bits per heavy atom. The Morgan fingerprint density at radius 1 is 1.40 bits per heavy atom. The van der Waals surface area contributed by atoms with E-state index in [4.69, 9.17) is 0 Å². The van der Waals surface area contributed by atoms with Crippen LogP contribution in [0.3, 0.4) is 0 Å². The number of rotatable bonds is 7. The number of hydrogen-bond acceptors (Lipinski definition) is 7. The summed E-state index contributed by atoms with van der Waals surface area (Å²) in [6.45, 7) is 2.17. The summed E-state index contributed by atoms with van der Waals surface area (Å²) in [4.78, 5) is 24.3. The van der Waals surface area contributed by atoms with Gasteiger partial charge in [-0.2, -0.15) is 5.10 Å². The molecule has 1 aliphatic heterocycles. The molecule has 25 heavy (non-hydrogen) atoms. The molecule has 1 aromatic rings. The molecule has 1 heterocycles. The summed E-state index contributed by atoms with van der Waals surface area (Å²) in [5.41, 5.74) is 0.979. The van der Waals surface area contributed by atoms with E-state index in [1.165, 1.54) is 7.11 Å². The quantitative estimate of drug-likeness (QED) is 0.197. The number of carbonyl (C=O) groups excluding carboxylic acids is 2. The highest BCUT2D eigenvalue weighted by Gasteiger charge is 2.24. The number of nitrogens with zero attached hydrogens (tertiary/aromatic N) is 2. The number of hydrogen-bond donors (Lipinski definition) is 1. The minimum absolute atomic E-state index is 0.233. The van der Waals surface area contributed by atoms with E-state index in [0.29, 0.717) is 5.17 Å². The van der Waals surface area contributed by atoms with Crippen LogP contribution in [-0.2, 0) is 14.3 Å². The Morgan fingerprint density at radius 2 is 2.20 bits per heavy atom. The third-order valence-electron chi connectivity index (χ3n) is 3.12. The van der Waals surface area contributed by atoms with Crippen molar-refractivity contribution >= 4 is 46.8 Å². The van der Waals surface area contributed by atoms with Crippen molar-refractivity contribution in [3.63, 3.8) is 0 Å². The minimum Gasteiger partial charge on any atom is -0.466 e. The van der Waals surface area contributed by atoms with Gasteiger partial charge in [0.1, 0.15) is 0 Å². The van der Waals surface area contributed by atoms with Gasteiger partial charge < -0.3 is 4.74 Å². The molecule has 1 fully saturated rings. The minimum atomic E-state index is -0.583. The van der Waals surface area contributed by atoms with Gasteiger partial charge in [0.25, 0.3) is 5.91 Å².